The lowest BCUT2D eigenvalue weighted by Crippen LogP contribution is -2.46. The van der Waals surface area contributed by atoms with Crippen molar-refractivity contribution in [1.29, 1.82) is 0 Å². The fourth-order valence-electron chi connectivity index (χ4n) is 5.95. The largest absolute Gasteiger partial charge is 0.511 e. The Kier molecular flexibility index (Phi) is 7.76. The van der Waals surface area contributed by atoms with Gasteiger partial charge in [0.1, 0.15) is 11.3 Å². The molecule has 0 spiro atoms. The van der Waals surface area contributed by atoms with Gasteiger partial charge in [0.05, 0.1) is 17.5 Å². The molecule has 6 rings (SSSR count). The first-order valence-electron chi connectivity index (χ1n) is 14.5. The van der Waals surface area contributed by atoms with Crippen LogP contribution in [0.5, 0.6) is 5.75 Å². The number of carboxylic acid groups (broad SMARTS) is 1. The van der Waals surface area contributed by atoms with Crippen LogP contribution in [-0.4, -0.2) is 64.8 Å². The van der Waals surface area contributed by atoms with Crippen LogP contribution in [0.3, 0.4) is 0 Å². The second kappa shape index (κ2) is 11.5. The van der Waals surface area contributed by atoms with Crippen molar-refractivity contribution in [2.75, 3.05) is 23.7 Å². The van der Waals surface area contributed by atoms with E-state index in [0.717, 1.165) is 27.7 Å². The molecule has 44 heavy (non-hydrogen) atoms. The van der Waals surface area contributed by atoms with Gasteiger partial charge in [-0.2, -0.15) is 4.98 Å². The molecule has 1 fully saturated rings. The molecule has 2 aromatic heterocycles. The smallest absolute Gasteiger partial charge is 0.449 e. The standard InChI is InChI=1S/C31H34N6O6S/c1-18(2)30-34-28-26(15-25(16-27(28)42-31(38)39)37(44(4,40)41)24-9-11-32-12-10-24)36(30)17-20-5-6-21-7-8-22(14-23(21)13-20)29-33-19(3)43-35-29/h5-8,13-16,18,24,32H,9-12,17H2,1-4H3,(H,38,39). The van der Waals surface area contributed by atoms with Gasteiger partial charge in [0.25, 0.3) is 0 Å². The number of carbonyl (C=O) groups is 1. The number of aromatic nitrogens is 4. The Labute approximate surface area is 254 Å². The van der Waals surface area contributed by atoms with E-state index in [1.807, 2.05) is 48.7 Å². The zero-order chi connectivity index (χ0) is 31.2. The van der Waals surface area contributed by atoms with Crippen molar-refractivity contribution in [2.45, 2.75) is 52.1 Å². The molecule has 2 N–H and O–H groups in total. The third-order valence-corrected chi connectivity index (χ3v) is 9.05. The second-order valence-electron chi connectivity index (χ2n) is 11.5. The summed E-state index contributed by atoms with van der Waals surface area (Å²) in [7, 11) is -3.71. The number of anilines is 1. The molecule has 5 aromatic rings. The van der Waals surface area contributed by atoms with E-state index in [-0.39, 0.29) is 17.7 Å². The molecule has 0 unspecified atom stereocenters. The highest BCUT2D eigenvalue weighted by Gasteiger charge is 2.31. The average molecular weight is 619 g/mol. The molecule has 1 aliphatic heterocycles. The maximum Gasteiger partial charge on any atom is 0.511 e. The minimum atomic E-state index is -3.71. The number of piperidine rings is 1. The number of imidazole rings is 1. The van der Waals surface area contributed by atoms with Crippen LogP contribution in [0.4, 0.5) is 10.5 Å². The summed E-state index contributed by atoms with van der Waals surface area (Å²) in [6.45, 7) is 7.54. The van der Waals surface area contributed by atoms with E-state index in [9.17, 15) is 18.3 Å². The van der Waals surface area contributed by atoms with Crippen molar-refractivity contribution in [3.8, 4) is 17.1 Å². The normalized spacial score (nSPS) is 14.5. The summed E-state index contributed by atoms with van der Waals surface area (Å²) in [5.74, 6) is 1.69. The van der Waals surface area contributed by atoms with Crippen molar-refractivity contribution in [2.24, 2.45) is 0 Å². The van der Waals surface area contributed by atoms with Gasteiger partial charge in [-0.15, -0.1) is 0 Å². The molecule has 1 aliphatic rings. The summed E-state index contributed by atoms with van der Waals surface area (Å²) >= 11 is 0. The molecular formula is C31H34N6O6S. The van der Waals surface area contributed by atoms with Crippen molar-refractivity contribution < 1.29 is 27.6 Å². The SMILES string of the molecule is Cc1nc(-c2ccc3ccc(Cn4c(C(C)C)nc5c(OC(=O)O)cc(N(C6CCNCC6)S(C)(=O)=O)cc54)cc3c2)no1. The van der Waals surface area contributed by atoms with Gasteiger partial charge >= 0.3 is 6.16 Å². The summed E-state index contributed by atoms with van der Waals surface area (Å²) < 4.78 is 40.1. The Morgan fingerprint density at radius 1 is 1.11 bits per heavy atom. The number of hydrogen-bond donors (Lipinski definition) is 2. The van der Waals surface area contributed by atoms with Crippen LogP contribution < -0.4 is 14.4 Å². The first-order valence-corrected chi connectivity index (χ1v) is 16.3. The zero-order valence-corrected chi connectivity index (χ0v) is 25.8. The number of hydrogen-bond acceptors (Lipinski definition) is 9. The fourth-order valence-corrected chi connectivity index (χ4v) is 7.19. The topological polar surface area (TPSA) is 153 Å². The fraction of sp³-hybridized carbons (Fsp3) is 0.355. The third-order valence-electron chi connectivity index (χ3n) is 7.83. The molecule has 0 amide bonds. The molecule has 230 valence electrons. The van der Waals surface area contributed by atoms with Gasteiger partial charge in [0.15, 0.2) is 5.75 Å². The van der Waals surface area contributed by atoms with Gasteiger partial charge in [0.2, 0.25) is 21.7 Å². The quantitative estimate of drug-likeness (QED) is 0.173. The molecule has 13 heteroatoms. The molecular weight excluding hydrogens is 584 g/mol. The minimum Gasteiger partial charge on any atom is -0.449 e. The van der Waals surface area contributed by atoms with Crippen LogP contribution in [0.1, 0.15) is 49.9 Å². The van der Waals surface area contributed by atoms with Crippen molar-refractivity contribution >= 4 is 43.7 Å². The van der Waals surface area contributed by atoms with E-state index in [4.69, 9.17) is 14.2 Å². The van der Waals surface area contributed by atoms with Gasteiger partial charge in [0, 0.05) is 37.1 Å². The van der Waals surface area contributed by atoms with E-state index < -0.39 is 16.2 Å². The third kappa shape index (κ3) is 5.84. The predicted octanol–water partition coefficient (Wildman–Crippen LogP) is 5.29. The Morgan fingerprint density at radius 2 is 1.86 bits per heavy atom. The Morgan fingerprint density at radius 3 is 2.52 bits per heavy atom. The first kappa shape index (κ1) is 29.6. The number of nitrogens with one attached hydrogen (secondary N) is 1. The molecule has 3 heterocycles. The number of benzene rings is 3. The zero-order valence-electron chi connectivity index (χ0n) is 24.9. The van der Waals surface area contributed by atoms with Gasteiger partial charge in [-0.05, 0) is 60.5 Å². The van der Waals surface area contributed by atoms with E-state index in [1.54, 1.807) is 13.0 Å². The highest BCUT2D eigenvalue weighted by atomic mass is 32.2. The van der Waals surface area contributed by atoms with Crippen LogP contribution in [-0.2, 0) is 16.6 Å². The molecule has 0 radical (unpaired) electrons. The lowest BCUT2D eigenvalue weighted by molar-refractivity contribution is 0.145. The van der Waals surface area contributed by atoms with Crippen molar-refractivity contribution in [3.05, 3.63) is 65.8 Å². The Balaban J connectivity index is 1.49. The molecule has 12 nitrogen and oxygen atoms in total. The van der Waals surface area contributed by atoms with Crippen LogP contribution in [0.2, 0.25) is 0 Å². The summed E-state index contributed by atoms with van der Waals surface area (Å²) in [6, 6.07) is 15.1. The number of fused-ring (bicyclic) bond motifs is 2. The van der Waals surface area contributed by atoms with Crippen LogP contribution >= 0.6 is 0 Å². The summed E-state index contributed by atoms with van der Waals surface area (Å²) in [4.78, 5) is 20.9. The van der Waals surface area contributed by atoms with E-state index >= 15 is 0 Å². The number of nitrogens with zero attached hydrogens (tertiary/aromatic N) is 5. The molecule has 0 aliphatic carbocycles. The van der Waals surface area contributed by atoms with Gasteiger partial charge in [-0.25, -0.2) is 18.2 Å². The maximum absolute atomic E-state index is 13.2. The van der Waals surface area contributed by atoms with Crippen LogP contribution in [0.15, 0.2) is 53.1 Å². The van der Waals surface area contributed by atoms with Gasteiger partial charge in [-0.1, -0.05) is 43.3 Å². The lowest BCUT2D eigenvalue weighted by Gasteiger charge is -2.34. The van der Waals surface area contributed by atoms with E-state index in [2.05, 4.69) is 21.5 Å². The van der Waals surface area contributed by atoms with E-state index in [0.29, 0.717) is 60.9 Å². The Bertz CT molecular complexity index is 1980. The predicted molar refractivity (Wildman–Crippen MR) is 167 cm³/mol. The van der Waals surface area contributed by atoms with E-state index in [1.165, 1.54) is 16.6 Å². The number of aryl methyl sites for hydroxylation is 1. The molecule has 3 aromatic carbocycles. The van der Waals surface area contributed by atoms with Crippen molar-refractivity contribution in [3.63, 3.8) is 0 Å². The monoisotopic (exact) mass is 618 g/mol. The van der Waals surface area contributed by atoms with Crippen LogP contribution in [0.25, 0.3) is 33.2 Å². The number of sulfonamides is 1. The average Bonchev–Trinajstić information content (AvgIpc) is 3.56. The first-order chi connectivity index (χ1) is 21.0. The Hall–Kier alpha value is -4.49. The highest BCUT2D eigenvalue weighted by Crippen LogP contribution is 2.37. The summed E-state index contributed by atoms with van der Waals surface area (Å²) in [6.07, 6.45) is 0.921. The highest BCUT2D eigenvalue weighted by molar-refractivity contribution is 7.92. The summed E-state index contributed by atoms with van der Waals surface area (Å²) in [5, 5.41) is 18.9. The van der Waals surface area contributed by atoms with Gasteiger partial charge < -0.3 is 24.3 Å². The molecule has 1 saturated heterocycles. The molecule has 0 atom stereocenters. The second-order valence-corrected chi connectivity index (χ2v) is 13.3. The van der Waals surface area contributed by atoms with Gasteiger partial charge in [-0.3, -0.25) is 4.31 Å². The van der Waals surface area contributed by atoms with Crippen LogP contribution in [0, 0.1) is 6.92 Å². The summed E-state index contributed by atoms with van der Waals surface area (Å²) in [5.41, 5.74) is 3.10. The molecule has 0 saturated carbocycles. The number of rotatable bonds is 8. The number of ether oxygens (including phenoxy) is 1. The maximum atomic E-state index is 13.2. The van der Waals surface area contributed by atoms with Crippen molar-refractivity contribution in [1.82, 2.24) is 25.0 Å². The molecule has 0 bridgehead atoms. The lowest BCUT2D eigenvalue weighted by atomic mass is 10.0. The minimum absolute atomic E-state index is 0.00760.